The molecule has 0 amide bonds. The van der Waals surface area contributed by atoms with Crippen LogP contribution < -0.4 is 15.0 Å². The molecule has 6 nitrogen and oxygen atoms in total. The third-order valence-electron chi connectivity index (χ3n) is 3.44. The lowest BCUT2D eigenvalue weighted by atomic mass is 10.2. The lowest BCUT2D eigenvalue weighted by molar-refractivity contribution is 0.111. The van der Waals surface area contributed by atoms with Gasteiger partial charge < -0.3 is 9.47 Å². The summed E-state index contributed by atoms with van der Waals surface area (Å²) in [7, 11) is 1.56. The fourth-order valence-electron chi connectivity index (χ4n) is 2.23. The van der Waals surface area contributed by atoms with E-state index >= 15 is 0 Å². The van der Waals surface area contributed by atoms with E-state index in [1.54, 1.807) is 43.6 Å². The van der Waals surface area contributed by atoms with E-state index in [1.807, 2.05) is 13.0 Å². The molecule has 3 rings (SSSR count). The number of carbonyl (C=O) groups is 1. The molecule has 0 N–H and O–H groups in total. The topological polar surface area (TPSA) is 69.9 Å². The van der Waals surface area contributed by atoms with Crippen molar-refractivity contribution in [3.63, 3.8) is 0 Å². The highest BCUT2D eigenvalue weighted by Crippen LogP contribution is 2.24. The van der Waals surface area contributed by atoms with Crippen molar-refractivity contribution in [2.24, 2.45) is 0 Å². The third-order valence-corrected chi connectivity index (χ3v) is 3.44. The molecule has 0 fully saturated rings. The molecule has 0 unspecified atom stereocenters. The molecular weight excluding hydrogens is 296 g/mol. The Balaban J connectivity index is 2.13. The van der Waals surface area contributed by atoms with Gasteiger partial charge in [0.2, 0.25) is 5.88 Å². The van der Waals surface area contributed by atoms with E-state index in [4.69, 9.17) is 9.47 Å². The average Bonchev–Trinajstić information content (AvgIpc) is 2.57. The highest BCUT2D eigenvalue weighted by molar-refractivity contribution is 5.78. The first kappa shape index (κ1) is 14.8. The van der Waals surface area contributed by atoms with E-state index in [1.165, 1.54) is 4.40 Å². The molecule has 6 heteroatoms. The van der Waals surface area contributed by atoms with E-state index < -0.39 is 5.56 Å². The zero-order valence-corrected chi connectivity index (χ0v) is 12.6. The van der Waals surface area contributed by atoms with Crippen LogP contribution >= 0.6 is 0 Å². The van der Waals surface area contributed by atoms with Crippen molar-refractivity contribution in [3.05, 3.63) is 64.1 Å². The van der Waals surface area contributed by atoms with Gasteiger partial charge in [0.15, 0.2) is 6.29 Å². The van der Waals surface area contributed by atoms with Gasteiger partial charge in [-0.1, -0.05) is 6.07 Å². The molecule has 2 aromatic heterocycles. The molecule has 3 aromatic rings. The molecule has 0 aliphatic rings. The number of fused-ring (bicyclic) bond motifs is 1. The molecule has 1 aromatic carbocycles. The predicted molar refractivity (Wildman–Crippen MR) is 84.7 cm³/mol. The third kappa shape index (κ3) is 2.66. The first-order valence-corrected chi connectivity index (χ1v) is 6.93. The summed E-state index contributed by atoms with van der Waals surface area (Å²) >= 11 is 0. The first-order chi connectivity index (χ1) is 11.1. The standard InChI is InChI=1S/C17H14N2O4/c1-11-4-3-9-19-15(11)18-16(14(10-20)17(19)21)23-13-7-5-12(22-2)6-8-13/h3-10H,1-2H3. The maximum absolute atomic E-state index is 12.4. The minimum Gasteiger partial charge on any atom is -0.497 e. The fourth-order valence-corrected chi connectivity index (χ4v) is 2.23. The van der Waals surface area contributed by atoms with Gasteiger partial charge in [0.25, 0.3) is 5.56 Å². The number of rotatable bonds is 4. The summed E-state index contributed by atoms with van der Waals surface area (Å²) < 4.78 is 12.0. The molecule has 0 spiro atoms. The van der Waals surface area contributed by atoms with Crippen molar-refractivity contribution in [1.82, 2.24) is 9.38 Å². The number of benzene rings is 1. The molecule has 0 aliphatic heterocycles. The maximum Gasteiger partial charge on any atom is 0.272 e. The van der Waals surface area contributed by atoms with Crippen LogP contribution in [0, 0.1) is 6.92 Å². The number of carbonyl (C=O) groups excluding carboxylic acids is 1. The fraction of sp³-hybridized carbons (Fsp3) is 0.118. The van der Waals surface area contributed by atoms with Crippen LogP contribution in [0.1, 0.15) is 15.9 Å². The average molecular weight is 310 g/mol. The molecule has 0 atom stereocenters. The molecular formula is C17H14N2O4. The number of aldehydes is 1. The van der Waals surface area contributed by atoms with Gasteiger partial charge >= 0.3 is 0 Å². The smallest absolute Gasteiger partial charge is 0.272 e. The Hall–Kier alpha value is -3.15. The summed E-state index contributed by atoms with van der Waals surface area (Å²) in [5.41, 5.74) is 0.675. The lowest BCUT2D eigenvalue weighted by Crippen LogP contribution is -2.21. The van der Waals surface area contributed by atoms with Crippen molar-refractivity contribution >= 4 is 11.9 Å². The van der Waals surface area contributed by atoms with Gasteiger partial charge in [-0.25, -0.2) is 0 Å². The maximum atomic E-state index is 12.4. The Labute approximate surface area is 131 Å². The minimum atomic E-state index is -0.461. The molecule has 0 aliphatic carbocycles. The van der Waals surface area contributed by atoms with Crippen LogP contribution in [0.25, 0.3) is 5.65 Å². The van der Waals surface area contributed by atoms with Gasteiger partial charge in [-0.3, -0.25) is 14.0 Å². The van der Waals surface area contributed by atoms with Crippen molar-refractivity contribution in [2.45, 2.75) is 6.92 Å². The lowest BCUT2D eigenvalue weighted by Gasteiger charge is -2.10. The second-order valence-electron chi connectivity index (χ2n) is 4.92. The molecule has 0 radical (unpaired) electrons. The quantitative estimate of drug-likeness (QED) is 0.693. The normalized spacial score (nSPS) is 10.5. The second kappa shape index (κ2) is 5.92. The molecule has 0 bridgehead atoms. The van der Waals surface area contributed by atoms with E-state index in [0.717, 1.165) is 5.56 Å². The Morgan fingerprint density at radius 1 is 1.13 bits per heavy atom. The molecule has 0 saturated carbocycles. The van der Waals surface area contributed by atoms with Crippen molar-refractivity contribution in [2.75, 3.05) is 7.11 Å². The van der Waals surface area contributed by atoms with Gasteiger partial charge in [-0.05, 0) is 42.8 Å². The summed E-state index contributed by atoms with van der Waals surface area (Å²) in [6.45, 7) is 1.83. The monoisotopic (exact) mass is 310 g/mol. The highest BCUT2D eigenvalue weighted by atomic mass is 16.5. The Kier molecular flexibility index (Phi) is 3.80. The van der Waals surface area contributed by atoms with Crippen LogP contribution in [0.2, 0.25) is 0 Å². The SMILES string of the molecule is COc1ccc(Oc2nc3c(C)cccn3c(=O)c2C=O)cc1. The zero-order valence-electron chi connectivity index (χ0n) is 12.6. The Morgan fingerprint density at radius 3 is 2.48 bits per heavy atom. The highest BCUT2D eigenvalue weighted by Gasteiger charge is 2.15. The zero-order chi connectivity index (χ0) is 16.4. The van der Waals surface area contributed by atoms with Crippen molar-refractivity contribution in [3.8, 4) is 17.4 Å². The van der Waals surface area contributed by atoms with Gasteiger partial charge in [0.1, 0.15) is 22.7 Å². The number of nitrogens with zero attached hydrogens (tertiary/aromatic N) is 2. The molecule has 23 heavy (non-hydrogen) atoms. The van der Waals surface area contributed by atoms with Gasteiger partial charge in [0, 0.05) is 6.20 Å². The summed E-state index contributed by atoms with van der Waals surface area (Å²) in [5, 5.41) is 0. The largest absolute Gasteiger partial charge is 0.497 e. The first-order valence-electron chi connectivity index (χ1n) is 6.93. The van der Waals surface area contributed by atoms with E-state index in [9.17, 15) is 9.59 Å². The van der Waals surface area contributed by atoms with E-state index in [2.05, 4.69) is 4.98 Å². The number of pyridine rings is 1. The molecule has 116 valence electrons. The van der Waals surface area contributed by atoms with Crippen LogP contribution in [0.3, 0.4) is 0 Å². The number of hydrogen-bond donors (Lipinski definition) is 0. The van der Waals surface area contributed by atoms with E-state index in [-0.39, 0.29) is 11.4 Å². The van der Waals surface area contributed by atoms with Crippen LogP contribution in [0.5, 0.6) is 17.4 Å². The Morgan fingerprint density at radius 2 is 1.83 bits per heavy atom. The summed E-state index contributed by atoms with van der Waals surface area (Å²) in [4.78, 5) is 28.1. The number of ether oxygens (including phenoxy) is 2. The number of aryl methyl sites for hydroxylation is 1. The summed E-state index contributed by atoms with van der Waals surface area (Å²) in [6, 6.07) is 10.3. The number of hydrogen-bond acceptors (Lipinski definition) is 5. The molecule has 0 saturated heterocycles. The Bertz CT molecular complexity index is 930. The van der Waals surface area contributed by atoms with Crippen LogP contribution in [-0.4, -0.2) is 22.8 Å². The number of methoxy groups -OCH3 is 1. The van der Waals surface area contributed by atoms with Gasteiger partial charge in [-0.2, -0.15) is 4.98 Å². The second-order valence-corrected chi connectivity index (χ2v) is 4.92. The number of aromatic nitrogens is 2. The minimum absolute atomic E-state index is 0.00975. The van der Waals surface area contributed by atoms with Gasteiger partial charge in [-0.15, -0.1) is 0 Å². The van der Waals surface area contributed by atoms with Crippen LogP contribution in [0.4, 0.5) is 0 Å². The van der Waals surface area contributed by atoms with Crippen LogP contribution in [0.15, 0.2) is 47.4 Å². The van der Waals surface area contributed by atoms with E-state index in [0.29, 0.717) is 23.4 Å². The molecule has 2 heterocycles. The van der Waals surface area contributed by atoms with Gasteiger partial charge in [0.05, 0.1) is 7.11 Å². The van der Waals surface area contributed by atoms with Crippen molar-refractivity contribution < 1.29 is 14.3 Å². The van der Waals surface area contributed by atoms with Crippen molar-refractivity contribution in [1.29, 1.82) is 0 Å². The predicted octanol–water partition coefficient (Wildman–Crippen LogP) is 2.62. The summed E-state index contributed by atoms with van der Waals surface area (Å²) in [6.07, 6.45) is 2.03. The summed E-state index contributed by atoms with van der Waals surface area (Å²) in [5.74, 6) is 1.12. The van der Waals surface area contributed by atoms with Crippen LogP contribution in [-0.2, 0) is 0 Å².